The van der Waals surface area contributed by atoms with Gasteiger partial charge in [0.25, 0.3) is 0 Å². The van der Waals surface area contributed by atoms with Gasteiger partial charge in [-0.1, -0.05) is 33.1 Å². The van der Waals surface area contributed by atoms with Gasteiger partial charge in [0.2, 0.25) is 5.91 Å². The van der Waals surface area contributed by atoms with Crippen molar-refractivity contribution in [3.63, 3.8) is 0 Å². The van der Waals surface area contributed by atoms with Crippen molar-refractivity contribution in [1.82, 2.24) is 10.6 Å². The minimum Gasteiger partial charge on any atom is -0.394 e. The van der Waals surface area contributed by atoms with E-state index in [-0.39, 0.29) is 18.4 Å². The molecule has 110 valence electrons. The van der Waals surface area contributed by atoms with Gasteiger partial charge in [0.15, 0.2) is 0 Å². The summed E-state index contributed by atoms with van der Waals surface area (Å²) in [5.74, 6) is -0.336. The van der Waals surface area contributed by atoms with E-state index in [1.165, 1.54) is 0 Å². The molecule has 1 unspecified atom stereocenters. The Morgan fingerprint density at radius 3 is 2.26 bits per heavy atom. The zero-order chi connectivity index (χ0) is 14.5. The van der Waals surface area contributed by atoms with E-state index >= 15 is 0 Å². The average Bonchev–Trinajstić information content (AvgIpc) is 2.36. The largest absolute Gasteiger partial charge is 0.394 e. The zero-order valence-corrected chi connectivity index (χ0v) is 11.7. The van der Waals surface area contributed by atoms with Gasteiger partial charge in [-0.3, -0.25) is 4.79 Å². The van der Waals surface area contributed by atoms with Gasteiger partial charge in [-0.25, -0.2) is 4.79 Å². The van der Waals surface area contributed by atoms with Crippen molar-refractivity contribution >= 4 is 11.9 Å². The van der Waals surface area contributed by atoms with Gasteiger partial charge in [-0.2, -0.15) is 0 Å². The lowest BCUT2D eigenvalue weighted by molar-refractivity contribution is -0.127. The van der Waals surface area contributed by atoms with E-state index in [4.69, 9.17) is 5.73 Å². The van der Waals surface area contributed by atoms with Crippen LogP contribution in [-0.2, 0) is 4.79 Å². The van der Waals surface area contributed by atoms with Gasteiger partial charge < -0.3 is 21.5 Å². The molecule has 5 N–H and O–H groups in total. The third-order valence-electron chi connectivity index (χ3n) is 3.75. The average molecular weight is 271 g/mol. The fraction of sp³-hybridized carbons (Fsp3) is 0.846. The molecular weight excluding hydrogens is 246 g/mol. The number of primary amides is 1. The number of urea groups is 1. The van der Waals surface area contributed by atoms with Crippen LogP contribution in [0.5, 0.6) is 0 Å². The van der Waals surface area contributed by atoms with E-state index in [0.29, 0.717) is 0 Å². The van der Waals surface area contributed by atoms with E-state index in [0.717, 1.165) is 32.1 Å². The number of nitrogens with one attached hydrogen (secondary N) is 2. The topological polar surface area (TPSA) is 104 Å². The van der Waals surface area contributed by atoms with Crippen molar-refractivity contribution in [2.45, 2.75) is 57.5 Å². The van der Waals surface area contributed by atoms with E-state index < -0.39 is 17.6 Å². The Morgan fingerprint density at radius 2 is 1.84 bits per heavy atom. The summed E-state index contributed by atoms with van der Waals surface area (Å²) in [6.45, 7) is 3.61. The highest BCUT2D eigenvalue weighted by Crippen LogP contribution is 2.28. The Balaban J connectivity index is 2.71. The number of aliphatic hydroxyl groups is 1. The van der Waals surface area contributed by atoms with Crippen molar-refractivity contribution in [3.8, 4) is 0 Å². The zero-order valence-electron chi connectivity index (χ0n) is 11.7. The first-order chi connectivity index (χ1) is 8.90. The Labute approximate surface area is 114 Å². The van der Waals surface area contributed by atoms with Crippen LogP contribution >= 0.6 is 0 Å². The molecule has 1 saturated carbocycles. The molecule has 0 bridgehead atoms. The van der Waals surface area contributed by atoms with E-state index in [1.54, 1.807) is 0 Å². The normalized spacial score (nSPS) is 19.8. The number of aliphatic hydroxyl groups excluding tert-OH is 1. The maximum absolute atomic E-state index is 12.3. The molecule has 0 aromatic heterocycles. The minimum atomic E-state index is -0.712. The Bertz CT molecular complexity index is 325. The van der Waals surface area contributed by atoms with Gasteiger partial charge in [-0.15, -0.1) is 0 Å². The molecule has 0 radical (unpaired) electrons. The van der Waals surface area contributed by atoms with E-state index in [1.807, 2.05) is 13.8 Å². The van der Waals surface area contributed by atoms with Gasteiger partial charge in [0.05, 0.1) is 12.1 Å². The summed E-state index contributed by atoms with van der Waals surface area (Å²) in [5.41, 5.74) is 4.55. The lowest BCUT2D eigenvalue weighted by Crippen LogP contribution is -2.59. The van der Waals surface area contributed by atoms with Crippen LogP contribution < -0.4 is 16.4 Å². The van der Waals surface area contributed by atoms with Crippen LogP contribution in [0.1, 0.15) is 46.0 Å². The fourth-order valence-corrected chi connectivity index (χ4v) is 2.58. The SMILES string of the molecule is CC(C)C(NC(N)=O)C(=O)NC1(CO)CCCCC1. The molecule has 19 heavy (non-hydrogen) atoms. The predicted molar refractivity (Wildman–Crippen MR) is 72.4 cm³/mol. The molecule has 0 heterocycles. The van der Waals surface area contributed by atoms with Gasteiger partial charge in [0.1, 0.15) is 6.04 Å². The number of rotatable bonds is 5. The third-order valence-corrected chi connectivity index (χ3v) is 3.75. The Morgan fingerprint density at radius 1 is 1.26 bits per heavy atom. The van der Waals surface area contributed by atoms with Crippen molar-refractivity contribution in [2.24, 2.45) is 11.7 Å². The van der Waals surface area contributed by atoms with Crippen LogP contribution in [0.2, 0.25) is 0 Å². The quantitative estimate of drug-likeness (QED) is 0.585. The molecule has 0 saturated heterocycles. The number of carbonyl (C=O) groups excluding carboxylic acids is 2. The molecule has 3 amide bonds. The van der Waals surface area contributed by atoms with Crippen LogP contribution in [0, 0.1) is 5.92 Å². The van der Waals surface area contributed by atoms with E-state index in [9.17, 15) is 14.7 Å². The molecule has 1 fully saturated rings. The number of nitrogens with two attached hydrogens (primary N) is 1. The number of amides is 3. The third kappa shape index (κ3) is 4.38. The van der Waals surface area contributed by atoms with Crippen LogP contribution in [0.3, 0.4) is 0 Å². The van der Waals surface area contributed by atoms with Crippen LogP contribution in [0.15, 0.2) is 0 Å². The lowest BCUT2D eigenvalue weighted by atomic mass is 9.82. The van der Waals surface area contributed by atoms with E-state index in [2.05, 4.69) is 10.6 Å². The van der Waals surface area contributed by atoms with Crippen molar-refractivity contribution in [3.05, 3.63) is 0 Å². The summed E-state index contributed by atoms with van der Waals surface area (Å²) in [6.07, 6.45) is 4.67. The first-order valence-corrected chi connectivity index (χ1v) is 6.89. The summed E-state index contributed by atoms with van der Waals surface area (Å²) in [7, 11) is 0. The first kappa shape index (κ1) is 15.8. The van der Waals surface area contributed by atoms with Crippen molar-refractivity contribution in [2.75, 3.05) is 6.61 Å². The second-order valence-corrected chi connectivity index (χ2v) is 5.72. The van der Waals surface area contributed by atoms with Crippen LogP contribution in [-0.4, -0.2) is 35.2 Å². The summed E-state index contributed by atoms with van der Waals surface area (Å²) >= 11 is 0. The van der Waals surface area contributed by atoms with Gasteiger partial charge in [0, 0.05) is 0 Å². The number of carbonyl (C=O) groups is 2. The first-order valence-electron chi connectivity index (χ1n) is 6.89. The predicted octanol–water partition coefficient (Wildman–Crippen LogP) is 0.491. The standard InChI is InChI=1S/C13H25N3O3/c1-9(2)10(15-12(14)19)11(18)16-13(8-17)6-4-3-5-7-13/h9-10,17H,3-8H2,1-2H3,(H,16,18)(H3,14,15,19). The molecule has 6 heteroatoms. The molecular formula is C13H25N3O3. The molecule has 1 atom stereocenters. The second kappa shape index (κ2) is 6.75. The van der Waals surface area contributed by atoms with Crippen molar-refractivity contribution < 1.29 is 14.7 Å². The fourth-order valence-electron chi connectivity index (χ4n) is 2.58. The molecule has 6 nitrogen and oxygen atoms in total. The van der Waals surface area contributed by atoms with Crippen LogP contribution in [0.4, 0.5) is 4.79 Å². The van der Waals surface area contributed by atoms with Gasteiger partial charge in [-0.05, 0) is 18.8 Å². The number of hydrogen-bond donors (Lipinski definition) is 4. The highest BCUT2D eigenvalue weighted by atomic mass is 16.3. The smallest absolute Gasteiger partial charge is 0.312 e. The lowest BCUT2D eigenvalue weighted by Gasteiger charge is -2.38. The molecule has 1 rings (SSSR count). The molecule has 1 aliphatic carbocycles. The summed E-state index contributed by atoms with van der Waals surface area (Å²) in [5, 5.41) is 14.9. The summed E-state index contributed by atoms with van der Waals surface area (Å²) in [4.78, 5) is 23.2. The molecule has 0 aromatic rings. The molecule has 0 aliphatic heterocycles. The number of hydrogen-bond acceptors (Lipinski definition) is 3. The van der Waals surface area contributed by atoms with Gasteiger partial charge >= 0.3 is 6.03 Å². The second-order valence-electron chi connectivity index (χ2n) is 5.72. The minimum absolute atomic E-state index is 0.0631. The molecule has 0 spiro atoms. The van der Waals surface area contributed by atoms with Crippen molar-refractivity contribution in [1.29, 1.82) is 0 Å². The molecule has 1 aliphatic rings. The molecule has 0 aromatic carbocycles. The Kier molecular flexibility index (Phi) is 5.60. The summed E-state index contributed by atoms with van der Waals surface area (Å²) < 4.78 is 0. The monoisotopic (exact) mass is 271 g/mol. The Hall–Kier alpha value is -1.30. The maximum Gasteiger partial charge on any atom is 0.312 e. The highest BCUT2D eigenvalue weighted by molar-refractivity contribution is 5.87. The van der Waals surface area contributed by atoms with Crippen LogP contribution in [0.25, 0.3) is 0 Å². The summed E-state index contributed by atoms with van der Waals surface area (Å²) in [6, 6.07) is -1.38. The maximum atomic E-state index is 12.3. The highest BCUT2D eigenvalue weighted by Gasteiger charge is 2.35.